The number of ether oxygens (including phenoxy) is 1. The van der Waals surface area contributed by atoms with E-state index in [9.17, 15) is 4.79 Å². The van der Waals surface area contributed by atoms with E-state index in [1.54, 1.807) is 17.1 Å². The van der Waals surface area contributed by atoms with E-state index in [0.29, 0.717) is 23.3 Å². The Hall–Kier alpha value is -2.70. The van der Waals surface area contributed by atoms with E-state index < -0.39 is 11.7 Å². The van der Waals surface area contributed by atoms with Crippen LogP contribution in [-0.4, -0.2) is 31.3 Å². The van der Waals surface area contributed by atoms with Crippen molar-refractivity contribution in [2.45, 2.75) is 39.7 Å². The summed E-state index contributed by atoms with van der Waals surface area (Å²) in [7, 11) is 0. The minimum absolute atomic E-state index is 0.535. The van der Waals surface area contributed by atoms with Crippen molar-refractivity contribution in [2.75, 3.05) is 5.43 Å². The van der Waals surface area contributed by atoms with Gasteiger partial charge in [-0.05, 0) is 32.9 Å². The Kier molecular flexibility index (Phi) is 3.63. The molecule has 0 atom stereocenters. The van der Waals surface area contributed by atoms with Crippen LogP contribution in [0.5, 0.6) is 0 Å². The highest BCUT2D eigenvalue weighted by atomic mass is 16.6. The standard InChI is InChI=1S/C16H19N5O2/c1-5-12-19-11-9-18-10-7-6-8-17-13(10)14(11)21(12)20-15(22)23-16(2,3)4/h6-9H,5H2,1-4H3,(H,20,22). The van der Waals surface area contributed by atoms with Crippen LogP contribution in [0.4, 0.5) is 4.79 Å². The van der Waals surface area contributed by atoms with Crippen molar-refractivity contribution in [1.29, 1.82) is 0 Å². The maximum absolute atomic E-state index is 12.2. The highest BCUT2D eigenvalue weighted by molar-refractivity contribution is 6.00. The van der Waals surface area contributed by atoms with Gasteiger partial charge in [0.1, 0.15) is 28.0 Å². The third kappa shape index (κ3) is 2.94. The fourth-order valence-corrected chi connectivity index (χ4v) is 2.37. The molecule has 3 rings (SSSR count). The number of nitrogens with zero attached hydrogens (tertiary/aromatic N) is 4. The summed E-state index contributed by atoms with van der Waals surface area (Å²) >= 11 is 0. The molecule has 0 aliphatic heterocycles. The highest BCUT2D eigenvalue weighted by Gasteiger charge is 2.20. The molecule has 120 valence electrons. The summed E-state index contributed by atoms with van der Waals surface area (Å²) in [6, 6.07) is 3.70. The molecule has 0 saturated carbocycles. The molecule has 3 heterocycles. The molecular weight excluding hydrogens is 294 g/mol. The number of imidazole rings is 1. The van der Waals surface area contributed by atoms with E-state index in [1.165, 1.54) is 0 Å². The Morgan fingerprint density at radius 3 is 2.78 bits per heavy atom. The maximum Gasteiger partial charge on any atom is 0.427 e. The summed E-state index contributed by atoms with van der Waals surface area (Å²) in [5, 5.41) is 0. The number of carbonyl (C=O) groups is 1. The lowest BCUT2D eigenvalue weighted by atomic mass is 10.2. The summed E-state index contributed by atoms with van der Waals surface area (Å²) in [6.07, 6.45) is 3.50. The van der Waals surface area contributed by atoms with Gasteiger partial charge >= 0.3 is 6.09 Å². The van der Waals surface area contributed by atoms with Gasteiger partial charge in [0.05, 0.1) is 11.7 Å². The van der Waals surface area contributed by atoms with Gasteiger partial charge < -0.3 is 4.74 Å². The third-order valence-corrected chi connectivity index (χ3v) is 3.23. The second-order valence-corrected chi connectivity index (χ2v) is 6.19. The van der Waals surface area contributed by atoms with E-state index in [0.717, 1.165) is 11.0 Å². The molecular formula is C16H19N5O2. The molecule has 0 aliphatic carbocycles. The van der Waals surface area contributed by atoms with Gasteiger partial charge in [0, 0.05) is 12.6 Å². The normalized spacial score (nSPS) is 11.8. The van der Waals surface area contributed by atoms with E-state index >= 15 is 0 Å². The van der Waals surface area contributed by atoms with Gasteiger partial charge in [-0.25, -0.2) is 19.9 Å². The van der Waals surface area contributed by atoms with Crippen molar-refractivity contribution in [2.24, 2.45) is 0 Å². The van der Waals surface area contributed by atoms with Crippen molar-refractivity contribution in [3.05, 3.63) is 30.4 Å². The van der Waals surface area contributed by atoms with Gasteiger partial charge in [-0.2, -0.15) is 0 Å². The molecule has 1 amide bonds. The largest absolute Gasteiger partial charge is 0.443 e. The van der Waals surface area contributed by atoms with Crippen LogP contribution in [0, 0.1) is 0 Å². The Bertz CT molecular complexity index is 879. The van der Waals surface area contributed by atoms with Gasteiger partial charge in [-0.15, -0.1) is 0 Å². The summed E-state index contributed by atoms with van der Waals surface area (Å²) in [5.74, 6) is 0.714. The molecule has 0 aliphatic rings. The molecule has 1 N–H and O–H groups in total. The van der Waals surface area contributed by atoms with Gasteiger partial charge in [0.25, 0.3) is 0 Å². The van der Waals surface area contributed by atoms with E-state index in [-0.39, 0.29) is 0 Å². The van der Waals surface area contributed by atoms with Crippen LogP contribution < -0.4 is 5.43 Å². The minimum Gasteiger partial charge on any atom is -0.443 e. The molecule has 0 saturated heterocycles. The van der Waals surface area contributed by atoms with Crippen LogP contribution in [0.15, 0.2) is 24.5 Å². The molecule has 0 radical (unpaired) electrons. The summed E-state index contributed by atoms with van der Waals surface area (Å²) < 4.78 is 6.98. The number of pyridine rings is 2. The van der Waals surface area contributed by atoms with Crippen LogP contribution in [-0.2, 0) is 11.2 Å². The second kappa shape index (κ2) is 5.49. The van der Waals surface area contributed by atoms with Gasteiger partial charge in [0.15, 0.2) is 0 Å². The molecule has 7 nitrogen and oxygen atoms in total. The fraction of sp³-hybridized carbons (Fsp3) is 0.375. The Balaban J connectivity index is 2.14. The number of aromatic nitrogens is 4. The number of amides is 1. The smallest absolute Gasteiger partial charge is 0.427 e. The molecule has 23 heavy (non-hydrogen) atoms. The molecule has 0 fully saturated rings. The number of nitrogens with one attached hydrogen (secondary N) is 1. The van der Waals surface area contributed by atoms with Crippen LogP contribution in [0.2, 0.25) is 0 Å². The molecule has 7 heteroatoms. The van der Waals surface area contributed by atoms with E-state index in [1.807, 2.05) is 39.8 Å². The maximum atomic E-state index is 12.2. The lowest BCUT2D eigenvalue weighted by Gasteiger charge is -2.20. The lowest BCUT2D eigenvalue weighted by molar-refractivity contribution is 0.0613. The average molecular weight is 313 g/mol. The number of fused-ring (bicyclic) bond motifs is 3. The predicted molar refractivity (Wildman–Crippen MR) is 87.8 cm³/mol. The summed E-state index contributed by atoms with van der Waals surface area (Å²) in [5.41, 5.74) is 5.02. The van der Waals surface area contributed by atoms with Crippen LogP contribution in [0.1, 0.15) is 33.5 Å². The molecule has 3 aromatic heterocycles. The lowest BCUT2D eigenvalue weighted by Crippen LogP contribution is -2.32. The van der Waals surface area contributed by atoms with Crippen molar-refractivity contribution >= 4 is 28.2 Å². The van der Waals surface area contributed by atoms with Gasteiger partial charge in [-0.3, -0.25) is 9.97 Å². The van der Waals surface area contributed by atoms with E-state index in [2.05, 4.69) is 20.4 Å². The fourth-order valence-electron chi connectivity index (χ4n) is 2.37. The first kappa shape index (κ1) is 15.2. The van der Waals surface area contributed by atoms with Gasteiger partial charge in [0.2, 0.25) is 0 Å². The first-order chi connectivity index (χ1) is 10.9. The first-order valence-corrected chi connectivity index (χ1v) is 7.50. The zero-order valence-corrected chi connectivity index (χ0v) is 13.6. The van der Waals surface area contributed by atoms with Gasteiger partial charge in [-0.1, -0.05) is 6.92 Å². The number of carbonyl (C=O) groups excluding carboxylic acids is 1. The number of hydrogen-bond donors (Lipinski definition) is 1. The first-order valence-electron chi connectivity index (χ1n) is 7.50. The Labute approximate surface area is 133 Å². The molecule has 0 bridgehead atoms. The summed E-state index contributed by atoms with van der Waals surface area (Å²) in [4.78, 5) is 25.4. The monoisotopic (exact) mass is 313 g/mol. The minimum atomic E-state index is -0.575. The average Bonchev–Trinajstić information content (AvgIpc) is 2.83. The Morgan fingerprint density at radius 2 is 2.09 bits per heavy atom. The third-order valence-electron chi connectivity index (χ3n) is 3.23. The molecule has 0 aromatic carbocycles. The van der Waals surface area contributed by atoms with Crippen molar-refractivity contribution in [1.82, 2.24) is 19.6 Å². The number of rotatable bonds is 2. The van der Waals surface area contributed by atoms with Crippen molar-refractivity contribution < 1.29 is 9.53 Å². The van der Waals surface area contributed by atoms with Crippen LogP contribution >= 0.6 is 0 Å². The number of aryl methyl sites for hydroxylation is 1. The SMILES string of the molecule is CCc1nc2cnc3cccnc3c2n1NC(=O)OC(C)(C)C. The summed E-state index contributed by atoms with van der Waals surface area (Å²) in [6.45, 7) is 7.43. The van der Waals surface area contributed by atoms with Crippen LogP contribution in [0.25, 0.3) is 22.1 Å². The van der Waals surface area contributed by atoms with Crippen molar-refractivity contribution in [3.8, 4) is 0 Å². The predicted octanol–water partition coefficient (Wildman–Crippen LogP) is 3.02. The quantitative estimate of drug-likeness (QED) is 0.786. The molecule has 3 aromatic rings. The van der Waals surface area contributed by atoms with Crippen molar-refractivity contribution in [3.63, 3.8) is 0 Å². The second-order valence-electron chi connectivity index (χ2n) is 6.19. The molecule has 0 unspecified atom stereocenters. The van der Waals surface area contributed by atoms with E-state index in [4.69, 9.17) is 4.74 Å². The van der Waals surface area contributed by atoms with Crippen LogP contribution in [0.3, 0.4) is 0 Å². The molecule has 0 spiro atoms. The Morgan fingerprint density at radius 1 is 1.30 bits per heavy atom. The zero-order chi connectivity index (χ0) is 16.6. The number of hydrogen-bond acceptors (Lipinski definition) is 5. The topological polar surface area (TPSA) is 81.9 Å². The highest BCUT2D eigenvalue weighted by Crippen LogP contribution is 2.22. The zero-order valence-electron chi connectivity index (χ0n) is 13.6.